The van der Waals surface area contributed by atoms with Crippen LogP contribution in [0.25, 0.3) is 0 Å². The summed E-state index contributed by atoms with van der Waals surface area (Å²) in [5.74, 6) is 0.246. The molecule has 0 radical (unpaired) electrons. The van der Waals surface area contributed by atoms with Gasteiger partial charge in [-0.15, -0.1) is 0 Å². The molecule has 0 saturated carbocycles. The lowest BCUT2D eigenvalue weighted by atomic mass is 10.00. The van der Waals surface area contributed by atoms with E-state index in [1.807, 2.05) is 0 Å². The highest BCUT2D eigenvalue weighted by molar-refractivity contribution is 5.25. The summed E-state index contributed by atoms with van der Waals surface area (Å²) in [6.45, 7) is 1.07. The van der Waals surface area contributed by atoms with Crippen LogP contribution in [0.3, 0.4) is 0 Å². The number of aromatic hydroxyl groups is 1. The summed E-state index contributed by atoms with van der Waals surface area (Å²) in [4.78, 5) is 3.90. The molecule has 1 atom stereocenters. The number of aromatic nitrogens is 1. The minimum absolute atomic E-state index is 0.246. The van der Waals surface area contributed by atoms with Gasteiger partial charge in [0, 0.05) is 12.2 Å². The van der Waals surface area contributed by atoms with E-state index in [0.717, 1.165) is 18.5 Å². The Bertz CT molecular complexity index is 258. The van der Waals surface area contributed by atoms with Crippen molar-refractivity contribution in [2.24, 2.45) is 0 Å². The van der Waals surface area contributed by atoms with Gasteiger partial charge in [0.2, 0.25) is 0 Å². The predicted molar refractivity (Wildman–Crippen MR) is 41.3 cm³/mol. The summed E-state index contributed by atoms with van der Waals surface area (Å²) in [5.41, 5.74) is 1.08. The van der Waals surface area contributed by atoms with E-state index in [-0.39, 0.29) is 5.75 Å². The molecule has 3 heteroatoms. The van der Waals surface area contributed by atoms with Crippen molar-refractivity contribution in [3.05, 3.63) is 24.0 Å². The average Bonchev–Trinajstić information content (AvgIpc) is 1.83. The van der Waals surface area contributed by atoms with Crippen molar-refractivity contribution in [3.8, 4) is 5.75 Å². The Labute approximate surface area is 65.1 Å². The number of hydrogen-bond acceptors (Lipinski definition) is 3. The summed E-state index contributed by atoms with van der Waals surface area (Å²) in [7, 11) is 0. The number of nitrogens with zero attached hydrogens (tertiary/aromatic N) is 1. The minimum atomic E-state index is 0.246. The lowest BCUT2D eigenvalue weighted by Gasteiger charge is -2.27. The van der Waals surface area contributed by atoms with Crippen LogP contribution in [0.15, 0.2) is 18.5 Å². The lowest BCUT2D eigenvalue weighted by Crippen LogP contribution is -2.34. The van der Waals surface area contributed by atoms with Crippen molar-refractivity contribution in [1.29, 1.82) is 0 Å². The first kappa shape index (κ1) is 6.61. The molecule has 11 heavy (non-hydrogen) atoms. The van der Waals surface area contributed by atoms with Crippen LogP contribution in [0.5, 0.6) is 5.75 Å². The first-order valence-electron chi connectivity index (χ1n) is 3.73. The van der Waals surface area contributed by atoms with Crippen LogP contribution in [-0.2, 0) is 0 Å². The maximum atomic E-state index is 9.09. The number of rotatable bonds is 1. The zero-order valence-corrected chi connectivity index (χ0v) is 6.12. The third-order valence-electron chi connectivity index (χ3n) is 1.97. The van der Waals surface area contributed by atoms with Crippen LogP contribution in [0.4, 0.5) is 0 Å². The Balaban J connectivity index is 2.23. The van der Waals surface area contributed by atoms with Gasteiger partial charge in [-0.1, -0.05) is 0 Å². The Kier molecular flexibility index (Phi) is 1.51. The highest BCUT2D eigenvalue weighted by Gasteiger charge is 2.18. The summed E-state index contributed by atoms with van der Waals surface area (Å²) >= 11 is 0. The molecule has 0 aromatic carbocycles. The molecule has 2 N–H and O–H groups in total. The molecule has 0 amide bonds. The number of pyridine rings is 1. The van der Waals surface area contributed by atoms with E-state index in [2.05, 4.69) is 10.3 Å². The average molecular weight is 150 g/mol. The van der Waals surface area contributed by atoms with Crippen LogP contribution in [0.1, 0.15) is 18.0 Å². The third-order valence-corrected chi connectivity index (χ3v) is 1.97. The monoisotopic (exact) mass is 150 g/mol. The van der Waals surface area contributed by atoms with Crippen LogP contribution in [-0.4, -0.2) is 16.6 Å². The molecule has 0 aliphatic carbocycles. The van der Waals surface area contributed by atoms with Crippen LogP contribution >= 0.6 is 0 Å². The Morgan fingerprint density at radius 1 is 1.55 bits per heavy atom. The van der Waals surface area contributed by atoms with E-state index in [0.29, 0.717) is 6.04 Å². The van der Waals surface area contributed by atoms with E-state index in [1.54, 1.807) is 12.3 Å². The molecule has 1 fully saturated rings. The van der Waals surface area contributed by atoms with Crippen molar-refractivity contribution < 1.29 is 5.11 Å². The number of nitrogens with one attached hydrogen (secondary N) is 1. The summed E-state index contributed by atoms with van der Waals surface area (Å²) in [6, 6.07) is 2.17. The van der Waals surface area contributed by atoms with E-state index < -0.39 is 0 Å². The van der Waals surface area contributed by atoms with Crippen LogP contribution < -0.4 is 5.32 Å². The largest absolute Gasteiger partial charge is 0.506 e. The fraction of sp³-hybridized carbons (Fsp3) is 0.375. The molecule has 1 saturated heterocycles. The van der Waals surface area contributed by atoms with Gasteiger partial charge in [0.05, 0.1) is 6.20 Å². The number of hydrogen-bond donors (Lipinski definition) is 2. The molecule has 2 heterocycles. The van der Waals surface area contributed by atoms with Gasteiger partial charge in [0.25, 0.3) is 0 Å². The first-order chi connectivity index (χ1) is 5.36. The molecule has 1 unspecified atom stereocenters. The molecule has 0 bridgehead atoms. The molecule has 58 valence electrons. The summed E-state index contributed by atoms with van der Waals surface area (Å²) in [5, 5.41) is 12.3. The van der Waals surface area contributed by atoms with Gasteiger partial charge in [-0.2, -0.15) is 0 Å². The van der Waals surface area contributed by atoms with Crippen molar-refractivity contribution in [2.45, 2.75) is 12.5 Å². The summed E-state index contributed by atoms with van der Waals surface area (Å²) in [6.07, 6.45) is 4.38. The van der Waals surface area contributed by atoms with Gasteiger partial charge in [-0.05, 0) is 24.6 Å². The zero-order valence-electron chi connectivity index (χ0n) is 6.12. The van der Waals surface area contributed by atoms with Gasteiger partial charge >= 0.3 is 0 Å². The molecule has 2 rings (SSSR count). The van der Waals surface area contributed by atoms with Gasteiger partial charge < -0.3 is 10.4 Å². The van der Waals surface area contributed by atoms with Crippen molar-refractivity contribution in [3.63, 3.8) is 0 Å². The summed E-state index contributed by atoms with van der Waals surface area (Å²) < 4.78 is 0. The predicted octanol–water partition coefficient (Wildman–Crippen LogP) is 0.822. The quantitative estimate of drug-likeness (QED) is 0.623. The Hall–Kier alpha value is -1.09. The standard InChI is InChI=1S/C8H10N2O/c11-7-3-6(4-9-5-7)8-1-2-10-8/h3-5,8,10-11H,1-2H2. The normalized spacial score (nSPS) is 22.7. The fourth-order valence-corrected chi connectivity index (χ4v) is 1.21. The molecule has 1 aliphatic rings. The zero-order chi connectivity index (χ0) is 7.68. The van der Waals surface area contributed by atoms with E-state index >= 15 is 0 Å². The van der Waals surface area contributed by atoms with Gasteiger partial charge in [-0.3, -0.25) is 4.98 Å². The fourth-order valence-electron chi connectivity index (χ4n) is 1.21. The minimum Gasteiger partial charge on any atom is -0.506 e. The Morgan fingerprint density at radius 3 is 2.91 bits per heavy atom. The Morgan fingerprint density at radius 2 is 2.36 bits per heavy atom. The second kappa shape index (κ2) is 2.51. The van der Waals surface area contributed by atoms with Crippen molar-refractivity contribution >= 4 is 0 Å². The van der Waals surface area contributed by atoms with Gasteiger partial charge in [0.15, 0.2) is 0 Å². The topological polar surface area (TPSA) is 45.2 Å². The van der Waals surface area contributed by atoms with Crippen molar-refractivity contribution in [1.82, 2.24) is 10.3 Å². The molecular formula is C8H10N2O. The SMILES string of the molecule is Oc1cncc(C2CCN2)c1. The van der Waals surface area contributed by atoms with E-state index in [1.165, 1.54) is 6.20 Å². The third kappa shape index (κ3) is 1.19. The van der Waals surface area contributed by atoms with E-state index in [9.17, 15) is 0 Å². The second-order valence-electron chi connectivity index (χ2n) is 2.77. The van der Waals surface area contributed by atoms with E-state index in [4.69, 9.17) is 5.11 Å². The highest BCUT2D eigenvalue weighted by Crippen LogP contribution is 2.23. The van der Waals surface area contributed by atoms with Gasteiger partial charge in [-0.25, -0.2) is 0 Å². The van der Waals surface area contributed by atoms with Crippen LogP contribution in [0.2, 0.25) is 0 Å². The molecule has 1 aromatic rings. The van der Waals surface area contributed by atoms with Gasteiger partial charge in [0.1, 0.15) is 5.75 Å². The molecule has 3 nitrogen and oxygen atoms in total. The molecule has 1 aromatic heterocycles. The molecule has 1 aliphatic heterocycles. The highest BCUT2D eigenvalue weighted by atomic mass is 16.3. The molecular weight excluding hydrogens is 140 g/mol. The first-order valence-corrected chi connectivity index (χ1v) is 3.73. The maximum absolute atomic E-state index is 9.09. The molecule has 0 spiro atoms. The lowest BCUT2D eigenvalue weighted by molar-refractivity contribution is 0.379. The smallest absolute Gasteiger partial charge is 0.134 e. The van der Waals surface area contributed by atoms with Crippen molar-refractivity contribution in [2.75, 3.05) is 6.54 Å². The second-order valence-corrected chi connectivity index (χ2v) is 2.77. The van der Waals surface area contributed by atoms with Crippen LogP contribution in [0, 0.1) is 0 Å². The maximum Gasteiger partial charge on any atom is 0.134 e.